The van der Waals surface area contributed by atoms with Crippen molar-refractivity contribution in [2.24, 2.45) is 4.99 Å². The van der Waals surface area contributed by atoms with Crippen molar-refractivity contribution < 1.29 is 14.3 Å². The van der Waals surface area contributed by atoms with Gasteiger partial charge in [0.1, 0.15) is 5.75 Å². The van der Waals surface area contributed by atoms with Crippen LogP contribution in [0.3, 0.4) is 0 Å². The van der Waals surface area contributed by atoms with Crippen LogP contribution in [-0.2, 0) is 11.3 Å². The number of nitrogens with zero attached hydrogens (tertiary/aromatic N) is 2. The highest BCUT2D eigenvalue weighted by Gasteiger charge is 2.12. The lowest BCUT2D eigenvalue weighted by Crippen LogP contribution is -2.20. The highest BCUT2D eigenvalue weighted by Crippen LogP contribution is 2.23. The van der Waals surface area contributed by atoms with E-state index in [1.54, 1.807) is 13.2 Å². The summed E-state index contributed by atoms with van der Waals surface area (Å²) in [5.74, 6) is 0.546. The van der Waals surface area contributed by atoms with E-state index in [-0.39, 0.29) is 5.91 Å². The molecule has 2 aromatic carbocycles. The van der Waals surface area contributed by atoms with Crippen molar-refractivity contribution in [3.05, 3.63) is 56.4 Å². The van der Waals surface area contributed by atoms with Gasteiger partial charge in [-0.25, -0.2) is 0 Å². The fourth-order valence-corrected chi connectivity index (χ4v) is 4.26. The zero-order valence-corrected chi connectivity index (χ0v) is 17.5. The number of hydrogen-bond donors (Lipinski definition) is 0. The van der Waals surface area contributed by atoms with E-state index in [1.807, 2.05) is 47.9 Å². The number of amides is 1. The van der Waals surface area contributed by atoms with E-state index >= 15 is 0 Å². The number of halogens is 1. The largest absolute Gasteiger partial charge is 0.497 e. The molecule has 136 valence electrons. The molecule has 1 aromatic heterocycles. The Morgan fingerprint density at radius 1 is 1.27 bits per heavy atom. The Morgan fingerprint density at radius 3 is 2.81 bits per heavy atom. The molecule has 0 aliphatic carbocycles. The molecule has 0 N–H and O–H groups in total. The fraction of sp³-hybridized carbons (Fsp3) is 0.263. The number of hydrogen-bond acceptors (Lipinski definition) is 4. The van der Waals surface area contributed by atoms with Crippen LogP contribution in [0.1, 0.15) is 17.3 Å². The van der Waals surface area contributed by atoms with Crippen molar-refractivity contribution >= 4 is 50.1 Å². The number of carbonyl (C=O) groups is 1. The van der Waals surface area contributed by atoms with Gasteiger partial charge in [0.2, 0.25) is 0 Å². The minimum absolute atomic E-state index is 0.237. The number of fused-ring (bicyclic) bond motifs is 1. The van der Waals surface area contributed by atoms with Gasteiger partial charge in [0.05, 0.1) is 29.5 Å². The monoisotopic (exact) mass is 482 g/mol. The number of aromatic nitrogens is 1. The quantitative estimate of drug-likeness (QED) is 0.393. The molecule has 1 heterocycles. The van der Waals surface area contributed by atoms with E-state index in [2.05, 4.69) is 27.6 Å². The van der Waals surface area contributed by atoms with E-state index in [1.165, 1.54) is 11.3 Å². The van der Waals surface area contributed by atoms with Gasteiger partial charge in [-0.1, -0.05) is 23.5 Å². The third kappa shape index (κ3) is 4.16. The maximum Gasteiger partial charge on any atom is 0.280 e. The first kappa shape index (κ1) is 19.1. The zero-order valence-electron chi connectivity index (χ0n) is 14.6. The smallest absolute Gasteiger partial charge is 0.280 e. The molecule has 26 heavy (non-hydrogen) atoms. The lowest BCUT2D eigenvalue weighted by molar-refractivity contribution is 0.0996. The molecule has 0 saturated heterocycles. The average molecular weight is 482 g/mol. The molecular weight excluding hydrogens is 463 g/mol. The molecule has 0 aliphatic rings. The summed E-state index contributed by atoms with van der Waals surface area (Å²) in [6.45, 7) is 3.83. The van der Waals surface area contributed by atoms with Gasteiger partial charge < -0.3 is 14.0 Å². The summed E-state index contributed by atoms with van der Waals surface area (Å²) in [6, 6.07) is 13.3. The van der Waals surface area contributed by atoms with Crippen LogP contribution in [0.25, 0.3) is 10.2 Å². The average Bonchev–Trinajstić information content (AvgIpc) is 2.98. The number of thiazole rings is 1. The molecule has 0 unspecified atom stereocenters. The van der Waals surface area contributed by atoms with E-state index in [0.29, 0.717) is 30.1 Å². The Morgan fingerprint density at radius 2 is 2.08 bits per heavy atom. The number of carbonyl (C=O) groups excluding carboxylic acids is 1. The van der Waals surface area contributed by atoms with Gasteiger partial charge in [-0.05, 0) is 59.8 Å². The predicted molar refractivity (Wildman–Crippen MR) is 112 cm³/mol. The standard InChI is InChI=1S/C19H19IN2O3S/c1-3-25-11-10-22-16-9-8-13(24-2)12-17(16)26-19(22)21-18(23)14-6-4-5-7-15(14)20/h4-9,12H,3,10-11H2,1-2H3. The lowest BCUT2D eigenvalue weighted by Gasteiger charge is -2.06. The first-order chi connectivity index (χ1) is 12.6. The highest BCUT2D eigenvalue weighted by atomic mass is 127. The Labute approximate surface area is 169 Å². The Balaban J connectivity index is 2.09. The maximum absolute atomic E-state index is 12.7. The van der Waals surface area contributed by atoms with Crippen molar-refractivity contribution in [2.75, 3.05) is 20.3 Å². The van der Waals surface area contributed by atoms with Crippen molar-refractivity contribution in [3.8, 4) is 5.75 Å². The molecule has 1 amide bonds. The predicted octanol–water partition coefficient (Wildman–Crippen LogP) is 4.09. The zero-order chi connectivity index (χ0) is 18.5. The van der Waals surface area contributed by atoms with Crippen molar-refractivity contribution in [1.29, 1.82) is 0 Å². The minimum Gasteiger partial charge on any atom is -0.497 e. The van der Waals surface area contributed by atoms with Crippen LogP contribution in [0.15, 0.2) is 47.5 Å². The van der Waals surface area contributed by atoms with Crippen LogP contribution >= 0.6 is 33.9 Å². The van der Waals surface area contributed by atoms with Crippen molar-refractivity contribution in [2.45, 2.75) is 13.5 Å². The number of rotatable bonds is 6. The van der Waals surface area contributed by atoms with Crippen molar-refractivity contribution in [3.63, 3.8) is 0 Å². The second-order valence-corrected chi connectivity index (χ2v) is 7.63. The van der Waals surface area contributed by atoms with E-state index in [4.69, 9.17) is 9.47 Å². The molecule has 3 rings (SSSR count). The molecule has 7 heteroatoms. The topological polar surface area (TPSA) is 52.8 Å². The fourth-order valence-electron chi connectivity index (χ4n) is 2.56. The molecule has 5 nitrogen and oxygen atoms in total. The molecule has 0 saturated carbocycles. The normalized spacial score (nSPS) is 11.9. The second-order valence-electron chi connectivity index (χ2n) is 5.46. The van der Waals surface area contributed by atoms with Gasteiger partial charge in [0.25, 0.3) is 5.91 Å². The summed E-state index contributed by atoms with van der Waals surface area (Å²) in [7, 11) is 1.64. The van der Waals surface area contributed by atoms with Gasteiger partial charge in [0.15, 0.2) is 4.80 Å². The van der Waals surface area contributed by atoms with Crippen LogP contribution in [0.5, 0.6) is 5.75 Å². The summed E-state index contributed by atoms with van der Waals surface area (Å²) >= 11 is 3.64. The molecular formula is C19H19IN2O3S. The summed E-state index contributed by atoms with van der Waals surface area (Å²) in [6.07, 6.45) is 0. The van der Waals surface area contributed by atoms with Crippen LogP contribution in [-0.4, -0.2) is 30.8 Å². The van der Waals surface area contributed by atoms with Gasteiger partial charge in [-0.15, -0.1) is 0 Å². The number of benzene rings is 2. The Kier molecular flexibility index (Phi) is 6.44. The second kappa shape index (κ2) is 8.79. The summed E-state index contributed by atoms with van der Waals surface area (Å²) in [5.41, 5.74) is 1.63. The molecule has 0 aliphatic heterocycles. The molecule has 0 atom stereocenters. The number of ether oxygens (including phenoxy) is 2. The highest BCUT2D eigenvalue weighted by molar-refractivity contribution is 14.1. The SMILES string of the molecule is CCOCCn1c(=NC(=O)c2ccccc2I)sc2cc(OC)ccc21. The maximum atomic E-state index is 12.7. The minimum atomic E-state index is -0.237. The summed E-state index contributed by atoms with van der Waals surface area (Å²) in [4.78, 5) is 17.8. The van der Waals surface area contributed by atoms with E-state index in [0.717, 1.165) is 19.5 Å². The number of methoxy groups -OCH3 is 1. The van der Waals surface area contributed by atoms with Crippen LogP contribution in [0.4, 0.5) is 0 Å². The third-order valence-corrected chi connectivity index (χ3v) is 5.84. The molecule has 0 radical (unpaired) electrons. The molecule has 0 bridgehead atoms. The molecule has 0 fully saturated rings. The Bertz CT molecular complexity index is 994. The van der Waals surface area contributed by atoms with E-state index in [9.17, 15) is 4.79 Å². The Hall–Kier alpha value is -1.71. The van der Waals surface area contributed by atoms with E-state index < -0.39 is 0 Å². The van der Waals surface area contributed by atoms with Gasteiger partial charge in [0, 0.05) is 16.7 Å². The van der Waals surface area contributed by atoms with Gasteiger partial charge in [-0.3, -0.25) is 4.79 Å². The summed E-state index contributed by atoms with van der Waals surface area (Å²) in [5, 5.41) is 0. The molecule has 0 spiro atoms. The first-order valence-corrected chi connectivity index (χ1v) is 10.1. The van der Waals surface area contributed by atoms with Crippen molar-refractivity contribution in [1.82, 2.24) is 4.57 Å². The van der Waals surface area contributed by atoms with Crippen LogP contribution in [0, 0.1) is 3.57 Å². The first-order valence-electron chi connectivity index (χ1n) is 8.22. The lowest BCUT2D eigenvalue weighted by atomic mass is 10.2. The van der Waals surface area contributed by atoms with Gasteiger partial charge >= 0.3 is 0 Å². The van der Waals surface area contributed by atoms with Gasteiger partial charge in [-0.2, -0.15) is 4.99 Å². The van der Waals surface area contributed by atoms with Crippen LogP contribution < -0.4 is 9.54 Å². The molecule has 3 aromatic rings. The van der Waals surface area contributed by atoms with Crippen LogP contribution in [0.2, 0.25) is 0 Å². The summed E-state index contributed by atoms with van der Waals surface area (Å²) < 4.78 is 14.8. The third-order valence-electron chi connectivity index (χ3n) is 3.85.